The van der Waals surface area contributed by atoms with Gasteiger partial charge >= 0.3 is 0 Å². The molecule has 0 bridgehead atoms. The molecule has 0 saturated heterocycles. The minimum Gasteiger partial charge on any atom is -0.379 e. The second-order valence-corrected chi connectivity index (χ2v) is 10.8. The number of fused-ring (bicyclic) bond motifs is 2. The molecule has 0 radical (unpaired) electrons. The van der Waals surface area contributed by atoms with E-state index in [4.69, 9.17) is 4.74 Å². The number of benzene rings is 2. The van der Waals surface area contributed by atoms with Crippen molar-refractivity contribution in [3.05, 3.63) is 64.4 Å². The maximum absolute atomic E-state index is 13.1. The van der Waals surface area contributed by atoms with Crippen molar-refractivity contribution in [2.45, 2.75) is 43.0 Å². The van der Waals surface area contributed by atoms with Crippen LogP contribution >= 0.6 is 11.8 Å². The highest BCUT2D eigenvalue weighted by Crippen LogP contribution is 2.30. The van der Waals surface area contributed by atoms with Gasteiger partial charge in [-0.05, 0) is 44.5 Å². The van der Waals surface area contributed by atoms with Crippen molar-refractivity contribution >= 4 is 38.6 Å². The Kier molecular flexibility index (Phi) is 6.87. The molecule has 33 heavy (non-hydrogen) atoms. The zero-order valence-electron chi connectivity index (χ0n) is 18.4. The van der Waals surface area contributed by atoms with Crippen molar-refractivity contribution in [2.75, 3.05) is 18.9 Å². The lowest BCUT2D eigenvalue weighted by atomic mass is 10.2. The number of carbonyl (C=O) groups excluding carboxylic acids is 1. The summed E-state index contributed by atoms with van der Waals surface area (Å²) < 4.78 is 33.6. The fraction of sp³-hybridized carbons (Fsp3) is 0.348. The van der Waals surface area contributed by atoms with Gasteiger partial charge < -0.3 is 4.74 Å². The molecule has 0 N–H and O–H groups in total. The highest BCUT2D eigenvalue weighted by atomic mass is 32.2. The summed E-state index contributed by atoms with van der Waals surface area (Å²) in [5.41, 5.74) is 0.621. The second-order valence-electron chi connectivity index (χ2n) is 7.87. The third-order valence-electron chi connectivity index (χ3n) is 5.24. The summed E-state index contributed by atoms with van der Waals surface area (Å²) >= 11 is 1.26. The van der Waals surface area contributed by atoms with Crippen LogP contribution in [0, 0.1) is 0 Å². The predicted octanol–water partition coefficient (Wildman–Crippen LogP) is 3.15. The number of ether oxygens (including phenoxy) is 1. The van der Waals surface area contributed by atoms with Gasteiger partial charge in [0.2, 0.25) is 0 Å². The number of para-hydroxylation sites is 1. The van der Waals surface area contributed by atoms with E-state index in [1.807, 2.05) is 19.9 Å². The number of hydrogen-bond donors (Lipinski definition) is 0. The minimum atomic E-state index is -3.86. The lowest BCUT2D eigenvalue weighted by Crippen LogP contribution is -2.32. The van der Waals surface area contributed by atoms with Gasteiger partial charge in [-0.25, -0.2) is 17.7 Å². The largest absolute Gasteiger partial charge is 0.379 e. The molecular formula is C23H25N3O5S2. The Balaban J connectivity index is 1.54. The summed E-state index contributed by atoms with van der Waals surface area (Å²) in [6.45, 7) is 4.84. The van der Waals surface area contributed by atoms with Gasteiger partial charge in [-0.15, -0.1) is 0 Å². The molecular weight excluding hydrogens is 462 g/mol. The average Bonchev–Trinajstić information content (AvgIpc) is 2.99. The third-order valence-corrected chi connectivity index (χ3v) is 8.04. The lowest BCUT2D eigenvalue weighted by molar-refractivity contribution is 0.0743. The Morgan fingerprint density at radius 2 is 1.76 bits per heavy atom. The van der Waals surface area contributed by atoms with Gasteiger partial charge in [0.25, 0.3) is 21.5 Å². The molecule has 4 rings (SSSR count). The number of thioether (sulfide) groups is 1. The SMILES string of the molecule is CC(C)OCCCn1c(SCCN2C(=O)c3ccccc3S2(=O)=O)nc2ccccc2c1=O. The van der Waals surface area contributed by atoms with Gasteiger partial charge in [-0.2, -0.15) is 0 Å². The van der Waals surface area contributed by atoms with E-state index in [-0.39, 0.29) is 34.4 Å². The molecule has 174 valence electrons. The van der Waals surface area contributed by atoms with Gasteiger partial charge in [-0.1, -0.05) is 36.0 Å². The molecule has 1 aliphatic heterocycles. The van der Waals surface area contributed by atoms with Crippen LogP contribution in [0.1, 0.15) is 30.6 Å². The summed E-state index contributed by atoms with van der Waals surface area (Å²) in [6.07, 6.45) is 0.745. The van der Waals surface area contributed by atoms with Crippen LogP contribution < -0.4 is 5.56 Å². The Bertz CT molecular complexity index is 1350. The van der Waals surface area contributed by atoms with E-state index in [1.165, 1.54) is 23.9 Å². The maximum atomic E-state index is 13.1. The Morgan fingerprint density at radius 1 is 1.03 bits per heavy atom. The number of hydrogen-bond acceptors (Lipinski definition) is 7. The van der Waals surface area contributed by atoms with E-state index in [1.54, 1.807) is 34.9 Å². The smallest absolute Gasteiger partial charge is 0.269 e. The molecule has 0 unspecified atom stereocenters. The maximum Gasteiger partial charge on any atom is 0.269 e. The topological polar surface area (TPSA) is 98.6 Å². The highest BCUT2D eigenvalue weighted by Gasteiger charge is 2.40. The number of sulfonamides is 1. The van der Waals surface area contributed by atoms with E-state index in [9.17, 15) is 18.0 Å². The van der Waals surface area contributed by atoms with Crippen LogP contribution in [0.5, 0.6) is 0 Å². The normalized spacial score (nSPS) is 14.9. The molecule has 2 aromatic carbocycles. The molecule has 0 aliphatic carbocycles. The molecule has 1 amide bonds. The van der Waals surface area contributed by atoms with Gasteiger partial charge in [0.15, 0.2) is 5.16 Å². The summed E-state index contributed by atoms with van der Waals surface area (Å²) in [4.78, 5) is 30.4. The quantitative estimate of drug-likeness (QED) is 0.260. The van der Waals surface area contributed by atoms with E-state index >= 15 is 0 Å². The molecule has 0 saturated carbocycles. The molecule has 1 aromatic heterocycles. The first kappa shape index (κ1) is 23.5. The standard InChI is InChI=1S/C23H25N3O5S2/c1-16(2)31-14-7-12-25-21(27)17-8-3-5-10-19(17)24-23(25)32-15-13-26-22(28)18-9-4-6-11-20(18)33(26,29)30/h3-6,8-11,16H,7,12-15H2,1-2H3. The number of nitrogens with zero attached hydrogens (tertiary/aromatic N) is 3. The van der Waals surface area contributed by atoms with Crippen LogP contribution in [-0.2, 0) is 21.3 Å². The lowest BCUT2D eigenvalue weighted by Gasteiger charge is -2.16. The van der Waals surface area contributed by atoms with Crippen molar-refractivity contribution < 1.29 is 17.9 Å². The molecule has 10 heteroatoms. The Morgan fingerprint density at radius 3 is 2.52 bits per heavy atom. The van der Waals surface area contributed by atoms with Crippen molar-refractivity contribution in [3.8, 4) is 0 Å². The highest BCUT2D eigenvalue weighted by molar-refractivity contribution is 7.99. The van der Waals surface area contributed by atoms with Crippen LogP contribution in [0.15, 0.2) is 63.4 Å². The summed E-state index contributed by atoms with van der Waals surface area (Å²) in [6, 6.07) is 13.3. The number of amides is 1. The van der Waals surface area contributed by atoms with Crippen LogP contribution in [0.3, 0.4) is 0 Å². The zero-order valence-corrected chi connectivity index (χ0v) is 20.1. The van der Waals surface area contributed by atoms with Crippen molar-refractivity contribution in [1.82, 2.24) is 13.9 Å². The van der Waals surface area contributed by atoms with Crippen molar-refractivity contribution in [3.63, 3.8) is 0 Å². The molecule has 8 nitrogen and oxygen atoms in total. The second kappa shape index (κ2) is 9.66. The molecule has 0 fully saturated rings. The number of rotatable bonds is 9. The Hall–Kier alpha value is -2.69. The van der Waals surface area contributed by atoms with Crippen molar-refractivity contribution in [1.29, 1.82) is 0 Å². The molecule has 0 atom stereocenters. The molecule has 2 heterocycles. The first-order valence-corrected chi connectivity index (χ1v) is 13.1. The number of carbonyl (C=O) groups is 1. The van der Waals surface area contributed by atoms with Gasteiger partial charge in [0, 0.05) is 25.4 Å². The fourth-order valence-electron chi connectivity index (χ4n) is 3.67. The van der Waals surface area contributed by atoms with Crippen LogP contribution in [0.4, 0.5) is 0 Å². The van der Waals surface area contributed by atoms with E-state index in [0.29, 0.717) is 35.6 Å². The van der Waals surface area contributed by atoms with Crippen LogP contribution in [-0.4, -0.2) is 53.2 Å². The van der Waals surface area contributed by atoms with E-state index in [0.717, 1.165) is 4.31 Å². The average molecular weight is 488 g/mol. The minimum absolute atomic E-state index is 0.0142. The molecule has 0 spiro atoms. The number of aromatic nitrogens is 2. The van der Waals surface area contributed by atoms with Gasteiger partial charge in [0.1, 0.15) is 4.90 Å². The van der Waals surface area contributed by atoms with E-state index in [2.05, 4.69) is 4.98 Å². The molecule has 3 aromatic rings. The van der Waals surface area contributed by atoms with Crippen molar-refractivity contribution in [2.24, 2.45) is 0 Å². The summed E-state index contributed by atoms with van der Waals surface area (Å²) in [5, 5.41) is 1.02. The summed E-state index contributed by atoms with van der Waals surface area (Å²) in [5.74, 6) is -0.257. The van der Waals surface area contributed by atoms with Gasteiger partial charge in [0.05, 0.1) is 22.6 Å². The van der Waals surface area contributed by atoms with Crippen LogP contribution in [0.25, 0.3) is 10.9 Å². The Labute approximate surface area is 196 Å². The third kappa shape index (κ3) is 4.68. The first-order valence-electron chi connectivity index (χ1n) is 10.7. The predicted molar refractivity (Wildman–Crippen MR) is 127 cm³/mol. The monoisotopic (exact) mass is 487 g/mol. The molecule has 1 aliphatic rings. The zero-order chi connectivity index (χ0) is 23.6. The first-order chi connectivity index (χ1) is 15.8. The fourth-order valence-corrected chi connectivity index (χ4v) is 6.30. The van der Waals surface area contributed by atoms with Crippen LogP contribution in [0.2, 0.25) is 0 Å². The van der Waals surface area contributed by atoms with E-state index < -0.39 is 15.9 Å². The summed E-state index contributed by atoms with van der Waals surface area (Å²) in [7, 11) is -3.86. The van der Waals surface area contributed by atoms with Gasteiger partial charge in [-0.3, -0.25) is 14.2 Å².